The summed E-state index contributed by atoms with van der Waals surface area (Å²) in [4.78, 5) is 11.7. The van der Waals surface area contributed by atoms with Crippen molar-refractivity contribution in [2.24, 2.45) is 5.41 Å². The number of nitrogens with one attached hydrogen (secondary N) is 1. The van der Waals surface area contributed by atoms with E-state index in [2.05, 4.69) is 5.32 Å². The highest BCUT2D eigenvalue weighted by Crippen LogP contribution is 2.28. The van der Waals surface area contributed by atoms with Gasteiger partial charge in [-0.1, -0.05) is 0 Å². The minimum Gasteiger partial charge on any atom is -0.377 e. The lowest BCUT2D eigenvalue weighted by atomic mass is 9.87. The number of carbonyl (C=O) groups excluding carboxylic acids is 1. The van der Waals surface area contributed by atoms with E-state index in [1.807, 2.05) is 6.07 Å². The van der Waals surface area contributed by atoms with Gasteiger partial charge in [-0.2, -0.15) is 5.26 Å². The first-order valence-corrected chi connectivity index (χ1v) is 4.72. The van der Waals surface area contributed by atoms with Crippen LogP contribution < -0.4 is 5.32 Å². The molecular formula is C11H9FN2O2. The van der Waals surface area contributed by atoms with Gasteiger partial charge in [-0.15, -0.1) is 0 Å². The summed E-state index contributed by atoms with van der Waals surface area (Å²) in [6, 6.07) is 7.30. The molecule has 16 heavy (non-hydrogen) atoms. The minimum atomic E-state index is -1.09. The number of halogens is 1. The lowest BCUT2D eigenvalue weighted by molar-refractivity contribution is -0.144. The average Bonchev–Trinajstić information content (AvgIpc) is 2.21. The first kappa shape index (κ1) is 10.6. The number of anilines is 1. The molecule has 1 aliphatic rings. The molecule has 1 aromatic rings. The molecule has 4 nitrogen and oxygen atoms in total. The Kier molecular flexibility index (Phi) is 2.59. The highest BCUT2D eigenvalue weighted by Gasteiger charge is 2.46. The predicted octanol–water partition coefficient (Wildman–Crippen LogP) is 1.30. The van der Waals surface area contributed by atoms with E-state index in [9.17, 15) is 9.18 Å². The number of rotatable bonds is 2. The van der Waals surface area contributed by atoms with Crippen LogP contribution in [-0.4, -0.2) is 19.1 Å². The molecule has 1 fully saturated rings. The second kappa shape index (κ2) is 3.91. The van der Waals surface area contributed by atoms with Crippen molar-refractivity contribution in [3.8, 4) is 6.07 Å². The maximum Gasteiger partial charge on any atom is 0.249 e. The van der Waals surface area contributed by atoms with Crippen LogP contribution in [0.25, 0.3) is 0 Å². The lowest BCUT2D eigenvalue weighted by Crippen LogP contribution is -2.50. The maximum atomic E-state index is 12.6. The molecule has 0 aromatic heterocycles. The number of amides is 1. The fourth-order valence-corrected chi connectivity index (χ4v) is 1.34. The SMILES string of the molecule is N#CC1(C(=O)Nc2ccc(F)cc2)COC1. The van der Waals surface area contributed by atoms with Crippen LogP contribution in [0.5, 0.6) is 0 Å². The lowest BCUT2D eigenvalue weighted by Gasteiger charge is -2.33. The topological polar surface area (TPSA) is 62.1 Å². The van der Waals surface area contributed by atoms with Gasteiger partial charge in [0.25, 0.3) is 0 Å². The largest absolute Gasteiger partial charge is 0.377 e. The molecule has 1 aromatic carbocycles. The van der Waals surface area contributed by atoms with E-state index in [0.29, 0.717) is 5.69 Å². The molecule has 0 atom stereocenters. The third-order valence-corrected chi connectivity index (χ3v) is 2.45. The molecular weight excluding hydrogens is 211 g/mol. The van der Waals surface area contributed by atoms with Crippen molar-refractivity contribution >= 4 is 11.6 Å². The third-order valence-electron chi connectivity index (χ3n) is 2.45. The molecule has 1 amide bonds. The summed E-state index contributed by atoms with van der Waals surface area (Å²) in [6.07, 6.45) is 0. The van der Waals surface area contributed by atoms with Gasteiger partial charge in [0.05, 0.1) is 19.3 Å². The molecule has 0 spiro atoms. The molecule has 1 heterocycles. The van der Waals surface area contributed by atoms with Crippen LogP contribution in [0.4, 0.5) is 10.1 Å². The number of carbonyl (C=O) groups is 1. The summed E-state index contributed by atoms with van der Waals surface area (Å²) in [7, 11) is 0. The summed E-state index contributed by atoms with van der Waals surface area (Å²) in [6.45, 7) is 0.215. The summed E-state index contributed by atoms with van der Waals surface area (Å²) >= 11 is 0. The standard InChI is InChI=1S/C11H9FN2O2/c12-8-1-3-9(4-2-8)14-10(15)11(5-13)6-16-7-11/h1-4H,6-7H2,(H,14,15). The Bertz CT molecular complexity index is 446. The highest BCUT2D eigenvalue weighted by molar-refractivity contribution is 5.98. The van der Waals surface area contributed by atoms with Gasteiger partial charge < -0.3 is 10.1 Å². The Morgan fingerprint density at radius 1 is 1.44 bits per heavy atom. The highest BCUT2D eigenvalue weighted by atomic mass is 19.1. The van der Waals surface area contributed by atoms with Crippen molar-refractivity contribution in [3.63, 3.8) is 0 Å². The zero-order valence-electron chi connectivity index (χ0n) is 8.37. The van der Waals surface area contributed by atoms with Gasteiger partial charge in [0.1, 0.15) is 5.82 Å². The first-order valence-electron chi connectivity index (χ1n) is 4.72. The van der Waals surface area contributed by atoms with E-state index >= 15 is 0 Å². The Labute approximate surface area is 91.6 Å². The molecule has 0 unspecified atom stereocenters. The summed E-state index contributed by atoms with van der Waals surface area (Å²) < 4.78 is 17.5. The van der Waals surface area contributed by atoms with Crippen molar-refractivity contribution in [1.29, 1.82) is 5.26 Å². The van der Waals surface area contributed by atoms with E-state index in [1.165, 1.54) is 24.3 Å². The van der Waals surface area contributed by atoms with Crippen LogP contribution in [0, 0.1) is 22.6 Å². The predicted molar refractivity (Wildman–Crippen MR) is 53.9 cm³/mol. The number of nitriles is 1. The van der Waals surface area contributed by atoms with Crippen LogP contribution >= 0.6 is 0 Å². The van der Waals surface area contributed by atoms with Gasteiger partial charge in [0, 0.05) is 5.69 Å². The summed E-state index contributed by atoms with van der Waals surface area (Å²) in [5, 5.41) is 11.4. The number of ether oxygens (including phenoxy) is 1. The van der Waals surface area contributed by atoms with E-state index in [-0.39, 0.29) is 19.0 Å². The average molecular weight is 220 g/mol. The fraction of sp³-hybridized carbons (Fsp3) is 0.273. The van der Waals surface area contributed by atoms with Crippen molar-refractivity contribution in [1.82, 2.24) is 0 Å². The van der Waals surface area contributed by atoms with Gasteiger partial charge in [0.15, 0.2) is 5.41 Å². The molecule has 0 saturated carbocycles. The van der Waals surface area contributed by atoms with Gasteiger partial charge in [0.2, 0.25) is 5.91 Å². The van der Waals surface area contributed by atoms with Crippen molar-refractivity contribution < 1.29 is 13.9 Å². The van der Waals surface area contributed by atoms with Crippen LogP contribution in [0.2, 0.25) is 0 Å². The molecule has 2 rings (SSSR count). The summed E-state index contributed by atoms with van der Waals surface area (Å²) in [5.74, 6) is -0.784. The Morgan fingerprint density at radius 3 is 2.50 bits per heavy atom. The molecule has 1 aliphatic heterocycles. The molecule has 1 N–H and O–H groups in total. The Balaban J connectivity index is 2.08. The maximum absolute atomic E-state index is 12.6. The van der Waals surface area contributed by atoms with Crippen LogP contribution in [0.15, 0.2) is 24.3 Å². The smallest absolute Gasteiger partial charge is 0.249 e. The van der Waals surface area contributed by atoms with E-state index in [4.69, 9.17) is 10.00 Å². The number of nitrogens with zero attached hydrogens (tertiary/aromatic N) is 1. The normalized spacial score (nSPS) is 17.0. The van der Waals surface area contributed by atoms with Crippen LogP contribution in [-0.2, 0) is 9.53 Å². The quantitative estimate of drug-likeness (QED) is 0.817. The monoisotopic (exact) mass is 220 g/mol. The zero-order valence-corrected chi connectivity index (χ0v) is 8.37. The molecule has 0 radical (unpaired) electrons. The summed E-state index contributed by atoms with van der Waals surface area (Å²) in [5.41, 5.74) is -0.623. The van der Waals surface area contributed by atoms with E-state index in [0.717, 1.165) is 0 Å². The van der Waals surface area contributed by atoms with Crippen LogP contribution in [0.1, 0.15) is 0 Å². The van der Waals surface area contributed by atoms with Gasteiger partial charge in [-0.25, -0.2) is 4.39 Å². The van der Waals surface area contributed by atoms with E-state index in [1.54, 1.807) is 0 Å². The molecule has 5 heteroatoms. The number of benzene rings is 1. The van der Waals surface area contributed by atoms with Gasteiger partial charge >= 0.3 is 0 Å². The van der Waals surface area contributed by atoms with Crippen molar-refractivity contribution in [2.45, 2.75) is 0 Å². The van der Waals surface area contributed by atoms with Gasteiger partial charge in [-0.3, -0.25) is 4.79 Å². The van der Waals surface area contributed by atoms with Gasteiger partial charge in [-0.05, 0) is 24.3 Å². The number of hydrogen-bond donors (Lipinski definition) is 1. The Morgan fingerprint density at radius 2 is 2.06 bits per heavy atom. The fourth-order valence-electron chi connectivity index (χ4n) is 1.34. The minimum absolute atomic E-state index is 0.108. The van der Waals surface area contributed by atoms with Crippen molar-refractivity contribution in [3.05, 3.63) is 30.1 Å². The third kappa shape index (κ3) is 1.75. The molecule has 0 aliphatic carbocycles. The second-order valence-electron chi connectivity index (χ2n) is 3.65. The van der Waals surface area contributed by atoms with Crippen LogP contribution in [0.3, 0.4) is 0 Å². The first-order chi connectivity index (χ1) is 7.66. The molecule has 0 bridgehead atoms. The number of hydrogen-bond acceptors (Lipinski definition) is 3. The molecule has 1 saturated heterocycles. The Hall–Kier alpha value is -1.93. The molecule has 82 valence electrons. The zero-order chi connectivity index (χ0) is 11.6. The van der Waals surface area contributed by atoms with Crippen molar-refractivity contribution in [2.75, 3.05) is 18.5 Å². The second-order valence-corrected chi connectivity index (χ2v) is 3.65. The van der Waals surface area contributed by atoms with E-state index < -0.39 is 11.3 Å².